The first-order valence-corrected chi connectivity index (χ1v) is 7.55. The molecule has 0 amide bonds. The topological polar surface area (TPSA) is 57.5 Å². The molecule has 0 spiro atoms. The van der Waals surface area contributed by atoms with Gasteiger partial charge in [-0.3, -0.25) is 4.79 Å². The Kier molecular flexibility index (Phi) is 4.50. The van der Waals surface area contributed by atoms with E-state index >= 15 is 0 Å². The average Bonchev–Trinajstić information content (AvgIpc) is 2.40. The number of carbonyl (C=O) groups is 1. The number of halogens is 1. The maximum absolute atomic E-state index is 10.6. The van der Waals surface area contributed by atoms with Crippen LogP contribution in [-0.4, -0.2) is 16.2 Å². The van der Waals surface area contributed by atoms with E-state index in [1.807, 2.05) is 6.92 Å². The molecular weight excluding hydrogens is 308 g/mol. The first kappa shape index (κ1) is 14.4. The van der Waals surface area contributed by atoms with E-state index < -0.39 is 5.97 Å². The van der Waals surface area contributed by atoms with Gasteiger partial charge in [0.1, 0.15) is 5.75 Å². The Balaban J connectivity index is 2.33. The minimum absolute atomic E-state index is 0.146. The third-order valence-electron chi connectivity index (χ3n) is 3.95. The zero-order chi connectivity index (χ0) is 14.0. The molecule has 0 aromatic heterocycles. The van der Waals surface area contributed by atoms with Crippen molar-refractivity contribution in [3.8, 4) is 5.75 Å². The second kappa shape index (κ2) is 5.95. The summed E-state index contributed by atoms with van der Waals surface area (Å²) in [6, 6.07) is 0. The fraction of sp³-hybridized carbons (Fsp3) is 0.533. The molecule has 0 bridgehead atoms. The van der Waals surface area contributed by atoms with Gasteiger partial charge in [-0.2, -0.15) is 0 Å². The van der Waals surface area contributed by atoms with Crippen LogP contribution < -0.4 is 0 Å². The standard InChI is InChI=1S/C15H19BrO3/c1-9-10-5-2-3-6-12(10)14(16)15(19)11(9)7-4-8-13(17)18/h19H,2-8H2,1H3,(H,17,18). The van der Waals surface area contributed by atoms with Crippen LogP contribution in [0, 0.1) is 6.92 Å². The zero-order valence-corrected chi connectivity index (χ0v) is 12.7. The number of aromatic hydroxyl groups is 1. The Morgan fingerprint density at radius 1 is 1.26 bits per heavy atom. The summed E-state index contributed by atoms with van der Waals surface area (Å²) in [6.07, 6.45) is 5.77. The van der Waals surface area contributed by atoms with E-state index in [0.29, 0.717) is 18.6 Å². The molecule has 1 aromatic carbocycles. The highest BCUT2D eigenvalue weighted by molar-refractivity contribution is 9.10. The lowest BCUT2D eigenvalue weighted by atomic mass is 9.85. The van der Waals surface area contributed by atoms with Crippen LogP contribution in [0.3, 0.4) is 0 Å². The quantitative estimate of drug-likeness (QED) is 0.885. The largest absolute Gasteiger partial charge is 0.506 e. The van der Waals surface area contributed by atoms with E-state index in [1.54, 1.807) is 0 Å². The van der Waals surface area contributed by atoms with Crippen molar-refractivity contribution in [1.82, 2.24) is 0 Å². The third kappa shape index (κ3) is 2.94. The van der Waals surface area contributed by atoms with Gasteiger partial charge in [0.15, 0.2) is 0 Å². The highest BCUT2D eigenvalue weighted by Crippen LogP contribution is 2.40. The van der Waals surface area contributed by atoms with Crippen molar-refractivity contribution in [2.45, 2.75) is 51.9 Å². The van der Waals surface area contributed by atoms with Crippen LogP contribution in [0.1, 0.15) is 47.9 Å². The molecule has 2 rings (SSSR count). The van der Waals surface area contributed by atoms with Crippen LogP contribution in [0.25, 0.3) is 0 Å². The summed E-state index contributed by atoms with van der Waals surface area (Å²) < 4.78 is 0.818. The fourth-order valence-electron chi connectivity index (χ4n) is 2.92. The summed E-state index contributed by atoms with van der Waals surface area (Å²) in [6.45, 7) is 2.05. The van der Waals surface area contributed by atoms with Crippen LogP contribution in [-0.2, 0) is 24.1 Å². The lowest BCUT2D eigenvalue weighted by molar-refractivity contribution is -0.137. The lowest BCUT2D eigenvalue weighted by Gasteiger charge is -2.23. The molecule has 1 aliphatic rings. The van der Waals surface area contributed by atoms with Gasteiger partial charge in [0.05, 0.1) is 4.47 Å². The molecule has 19 heavy (non-hydrogen) atoms. The smallest absolute Gasteiger partial charge is 0.303 e. The van der Waals surface area contributed by atoms with E-state index in [9.17, 15) is 9.90 Å². The van der Waals surface area contributed by atoms with Crippen molar-refractivity contribution in [1.29, 1.82) is 0 Å². The Bertz CT molecular complexity index is 509. The maximum atomic E-state index is 10.6. The summed E-state index contributed by atoms with van der Waals surface area (Å²) in [5.74, 6) is -0.474. The fourth-order valence-corrected chi connectivity index (χ4v) is 3.60. The minimum atomic E-state index is -0.783. The number of fused-ring (bicyclic) bond motifs is 1. The molecule has 0 atom stereocenters. The van der Waals surface area contributed by atoms with Crippen molar-refractivity contribution in [2.24, 2.45) is 0 Å². The van der Waals surface area contributed by atoms with E-state index in [-0.39, 0.29) is 6.42 Å². The number of rotatable bonds is 4. The van der Waals surface area contributed by atoms with Crippen molar-refractivity contribution in [3.05, 3.63) is 26.7 Å². The van der Waals surface area contributed by atoms with Gasteiger partial charge < -0.3 is 10.2 Å². The average molecular weight is 327 g/mol. The molecule has 0 unspecified atom stereocenters. The molecule has 0 heterocycles. The van der Waals surface area contributed by atoms with Gasteiger partial charge in [-0.15, -0.1) is 0 Å². The molecule has 2 N–H and O–H groups in total. The van der Waals surface area contributed by atoms with Crippen LogP contribution in [0.4, 0.5) is 0 Å². The van der Waals surface area contributed by atoms with Gasteiger partial charge in [0.2, 0.25) is 0 Å². The molecule has 4 heteroatoms. The molecule has 1 aliphatic carbocycles. The number of phenolic OH excluding ortho intramolecular Hbond substituents is 1. The van der Waals surface area contributed by atoms with Gasteiger partial charge in [-0.1, -0.05) is 0 Å². The van der Waals surface area contributed by atoms with Gasteiger partial charge in [-0.25, -0.2) is 0 Å². The Morgan fingerprint density at radius 2 is 1.89 bits per heavy atom. The highest BCUT2D eigenvalue weighted by Gasteiger charge is 2.21. The van der Waals surface area contributed by atoms with E-state index in [2.05, 4.69) is 15.9 Å². The Hall–Kier alpha value is -1.03. The third-order valence-corrected chi connectivity index (χ3v) is 4.80. The predicted molar refractivity (Wildman–Crippen MR) is 77.8 cm³/mol. The van der Waals surface area contributed by atoms with Gasteiger partial charge in [0, 0.05) is 6.42 Å². The van der Waals surface area contributed by atoms with Crippen LogP contribution in [0.15, 0.2) is 4.47 Å². The zero-order valence-electron chi connectivity index (χ0n) is 11.1. The first-order chi connectivity index (χ1) is 9.02. The summed E-state index contributed by atoms with van der Waals surface area (Å²) in [5, 5.41) is 19.0. The van der Waals surface area contributed by atoms with Crippen molar-refractivity contribution in [3.63, 3.8) is 0 Å². The van der Waals surface area contributed by atoms with Crippen molar-refractivity contribution < 1.29 is 15.0 Å². The Labute approximate surface area is 121 Å². The number of aliphatic carboxylic acids is 1. The van der Waals surface area contributed by atoms with Crippen LogP contribution in [0.2, 0.25) is 0 Å². The summed E-state index contributed by atoms with van der Waals surface area (Å²) in [5.41, 5.74) is 4.65. The number of phenols is 1. The number of hydrogen-bond donors (Lipinski definition) is 2. The molecule has 1 aromatic rings. The lowest BCUT2D eigenvalue weighted by Crippen LogP contribution is -2.09. The van der Waals surface area contributed by atoms with Gasteiger partial charge in [-0.05, 0) is 83.6 Å². The SMILES string of the molecule is Cc1c(CCCC(=O)O)c(O)c(Br)c2c1CCCC2. The second-order valence-electron chi connectivity index (χ2n) is 5.18. The maximum Gasteiger partial charge on any atom is 0.303 e. The van der Waals surface area contributed by atoms with Crippen molar-refractivity contribution >= 4 is 21.9 Å². The second-order valence-corrected chi connectivity index (χ2v) is 5.97. The molecule has 0 fully saturated rings. The summed E-state index contributed by atoms with van der Waals surface area (Å²) in [7, 11) is 0. The molecule has 0 saturated heterocycles. The molecular formula is C15H19BrO3. The number of benzene rings is 1. The molecule has 0 aliphatic heterocycles. The van der Waals surface area contributed by atoms with E-state index in [1.165, 1.54) is 24.0 Å². The van der Waals surface area contributed by atoms with E-state index in [0.717, 1.165) is 28.4 Å². The van der Waals surface area contributed by atoms with Crippen LogP contribution in [0.5, 0.6) is 5.75 Å². The molecule has 0 radical (unpaired) electrons. The summed E-state index contributed by atoms with van der Waals surface area (Å²) in [4.78, 5) is 10.6. The number of carboxylic acids is 1. The van der Waals surface area contributed by atoms with Crippen LogP contribution >= 0.6 is 15.9 Å². The van der Waals surface area contributed by atoms with E-state index in [4.69, 9.17) is 5.11 Å². The van der Waals surface area contributed by atoms with Gasteiger partial charge >= 0.3 is 5.97 Å². The minimum Gasteiger partial charge on any atom is -0.506 e. The normalized spacial score (nSPS) is 14.2. The molecule has 104 valence electrons. The highest BCUT2D eigenvalue weighted by atomic mass is 79.9. The van der Waals surface area contributed by atoms with Gasteiger partial charge in [0.25, 0.3) is 0 Å². The van der Waals surface area contributed by atoms with Crippen molar-refractivity contribution in [2.75, 3.05) is 0 Å². The first-order valence-electron chi connectivity index (χ1n) is 6.75. The number of hydrogen-bond acceptors (Lipinski definition) is 2. The molecule has 0 saturated carbocycles. The monoisotopic (exact) mass is 326 g/mol. The summed E-state index contributed by atoms with van der Waals surface area (Å²) >= 11 is 3.51. The Morgan fingerprint density at radius 3 is 2.53 bits per heavy atom. The molecule has 3 nitrogen and oxygen atoms in total. The predicted octanol–water partition coefficient (Wildman–Crippen LogP) is 3.75. The number of carboxylic acid groups (broad SMARTS) is 1.